The normalized spacial score (nSPS) is 13.1. The Hall–Kier alpha value is -0.990. The first-order valence-corrected chi connectivity index (χ1v) is 27.0. The number of ether oxygens (including phenoxy) is 2. The number of rotatable bonds is 49. The number of esters is 2. The lowest BCUT2D eigenvalue weighted by atomic mass is 10.0. The van der Waals surface area contributed by atoms with Crippen LogP contribution in [0.2, 0.25) is 0 Å². The van der Waals surface area contributed by atoms with Crippen LogP contribution in [-0.2, 0) is 32.7 Å². The number of nitrogens with two attached hydrogens (primary N) is 1. The fraction of sp³-hybridized carbons (Fsp3) is 0.959. The van der Waals surface area contributed by atoms with Crippen molar-refractivity contribution in [1.82, 2.24) is 0 Å². The van der Waals surface area contributed by atoms with E-state index in [0.717, 1.165) is 32.1 Å². The van der Waals surface area contributed by atoms with Gasteiger partial charge in [0.25, 0.3) is 0 Å². The highest BCUT2D eigenvalue weighted by atomic mass is 31.2. The molecule has 0 spiro atoms. The lowest BCUT2D eigenvalue weighted by Crippen LogP contribution is -2.29. The fourth-order valence-electron chi connectivity index (χ4n) is 7.70. The van der Waals surface area contributed by atoms with E-state index in [1.165, 1.54) is 205 Å². The number of unbranched alkanes of at least 4 members (excludes halogenated alkanes) is 36. The van der Waals surface area contributed by atoms with Gasteiger partial charge >= 0.3 is 19.8 Å². The molecule has 0 radical (unpaired) electrons. The average Bonchev–Trinajstić information content (AvgIpc) is 3.22. The van der Waals surface area contributed by atoms with Gasteiger partial charge in [0.15, 0.2) is 6.10 Å². The first kappa shape index (κ1) is 58.0. The van der Waals surface area contributed by atoms with Crippen LogP contribution in [0.3, 0.4) is 0 Å². The van der Waals surface area contributed by atoms with Gasteiger partial charge in [-0.1, -0.05) is 245 Å². The van der Waals surface area contributed by atoms with Gasteiger partial charge in [-0.3, -0.25) is 18.6 Å². The zero-order valence-corrected chi connectivity index (χ0v) is 39.9. The lowest BCUT2D eigenvalue weighted by molar-refractivity contribution is -0.161. The number of hydrogen-bond donors (Lipinski definition) is 2. The second-order valence-corrected chi connectivity index (χ2v) is 18.9. The summed E-state index contributed by atoms with van der Waals surface area (Å²) in [4.78, 5) is 35.0. The van der Waals surface area contributed by atoms with Gasteiger partial charge in [0.05, 0.1) is 13.2 Å². The number of phosphoric ester groups is 1. The molecule has 0 aliphatic rings. The molecule has 2 atom stereocenters. The third kappa shape index (κ3) is 46.3. The van der Waals surface area contributed by atoms with Crippen LogP contribution < -0.4 is 5.73 Å². The predicted molar refractivity (Wildman–Crippen MR) is 248 cm³/mol. The summed E-state index contributed by atoms with van der Waals surface area (Å²) in [6.07, 6.45) is 48.5. The van der Waals surface area contributed by atoms with Gasteiger partial charge in [-0.25, -0.2) is 4.57 Å². The van der Waals surface area contributed by atoms with Crippen molar-refractivity contribution in [1.29, 1.82) is 0 Å². The Morgan fingerprint density at radius 1 is 0.441 bits per heavy atom. The standard InChI is InChI=1S/C49H98NO8P/c1-3-5-7-9-11-13-15-17-19-21-23-24-26-27-29-31-33-35-37-39-41-48(51)55-45-47(46-57-59(53,54)56-44-43-50)58-49(52)42-40-38-36-34-32-30-28-25-22-20-18-16-14-12-10-8-6-4-2/h47H,3-46,50H2,1-2H3,(H,53,54). The summed E-state index contributed by atoms with van der Waals surface area (Å²) in [7, 11) is -4.37. The SMILES string of the molecule is CCCCCCCCCCCCCCCCCCCCCCC(=O)OCC(COP(=O)(O)OCCN)OC(=O)CCCCCCCCCCCCCCCCCCCC. The first-order chi connectivity index (χ1) is 28.8. The minimum atomic E-state index is -4.37. The van der Waals surface area contributed by atoms with Crippen molar-refractivity contribution in [2.24, 2.45) is 5.73 Å². The second-order valence-electron chi connectivity index (χ2n) is 17.4. The molecule has 9 nitrogen and oxygen atoms in total. The van der Waals surface area contributed by atoms with Crippen molar-refractivity contribution >= 4 is 19.8 Å². The fourth-order valence-corrected chi connectivity index (χ4v) is 8.46. The van der Waals surface area contributed by atoms with E-state index in [4.69, 9.17) is 24.3 Å². The van der Waals surface area contributed by atoms with Gasteiger partial charge in [-0.2, -0.15) is 0 Å². The predicted octanol–water partition coefficient (Wildman–Crippen LogP) is 15.2. The van der Waals surface area contributed by atoms with Crippen LogP contribution in [0.5, 0.6) is 0 Å². The Morgan fingerprint density at radius 3 is 1.03 bits per heavy atom. The molecule has 0 heterocycles. The van der Waals surface area contributed by atoms with Gasteiger partial charge in [0, 0.05) is 19.4 Å². The van der Waals surface area contributed by atoms with Gasteiger partial charge in [0.2, 0.25) is 0 Å². The highest BCUT2D eigenvalue weighted by Gasteiger charge is 2.26. The second kappa shape index (κ2) is 46.5. The maximum atomic E-state index is 12.6. The highest BCUT2D eigenvalue weighted by molar-refractivity contribution is 7.47. The molecular weight excluding hydrogens is 762 g/mol. The van der Waals surface area contributed by atoms with E-state index in [9.17, 15) is 19.0 Å². The molecule has 3 N–H and O–H groups in total. The van der Waals surface area contributed by atoms with Crippen LogP contribution in [0, 0.1) is 0 Å². The Bertz CT molecular complexity index is 938. The molecule has 0 amide bonds. The van der Waals surface area contributed by atoms with E-state index >= 15 is 0 Å². The molecule has 0 saturated carbocycles. The molecule has 0 aromatic heterocycles. The molecule has 0 aromatic carbocycles. The van der Waals surface area contributed by atoms with Gasteiger partial charge in [0.1, 0.15) is 6.61 Å². The Morgan fingerprint density at radius 2 is 0.729 bits per heavy atom. The monoisotopic (exact) mass is 860 g/mol. The third-order valence-electron chi connectivity index (χ3n) is 11.5. The lowest BCUT2D eigenvalue weighted by Gasteiger charge is -2.19. The maximum Gasteiger partial charge on any atom is 0.472 e. The first-order valence-electron chi connectivity index (χ1n) is 25.5. The third-order valence-corrected chi connectivity index (χ3v) is 12.5. The molecule has 0 saturated heterocycles. The molecular formula is C49H98NO8P. The summed E-state index contributed by atoms with van der Waals surface area (Å²) in [6, 6.07) is 0. The van der Waals surface area contributed by atoms with Crippen LogP contribution >= 0.6 is 7.82 Å². The van der Waals surface area contributed by atoms with Crippen molar-refractivity contribution in [3.8, 4) is 0 Å². The van der Waals surface area contributed by atoms with Gasteiger partial charge in [-0.05, 0) is 12.8 Å². The Kier molecular flexibility index (Phi) is 45.7. The van der Waals surface area contributed by atoms with E-state index in [1.807, 2.05) is 0 Å². The van der Waals surface area contributed by atoms with Crippen LogP contribution in [-0.4, -0.2) is 49.3 Å². The summed E-state index contributed by atoms with van der Waals surface area (Å²) >= 11 is 0. The molecule has 0 rings (SSSR count). The van der Waals surface area contributed by atoms with Crippen LogP contribution in [0.25, 0.3) is 0 Å². The van der Waals surface area contributed by atoms with Crippen molar-refractivity contribution in [2.75, 3.05) is 26.4 Å². The van der Waals surface area contributed by atoms with E-state index in [2.05, 4.69) is 13.8 Å². The summed E-state index contributed by atoms with van der Waals surface area (Å²) in [6.45, 7) is 3.80. The number of phosphoric acid groups is 1. The summed E-state index contributed by atoms with van der Waals surface area (Å²) in [5, 5.41) is 0. The van der Waals surface area contributed by atoms with Crippen LogP contribution in [0.15, 0.2) is 0 Å². The molecule has 10 heteroatoms. The molecule has 0 fully saturated rings. The highest BCUT2D eigenvalue weighted by Crippen LogP contribution is 2.43. The smallest absolute Gasteiger partial charge is 0.462 e. The number of carbonyl (C=O) groups is 2. The van der Waals surface area contributed by atoms with E-state index in [-0.39, 0.29) is 38.6 Å². The van der Waals surface area contributed by atoms with Crippen molar-refractivity contribution in [3.05, 3.63) is 0 Å². The summed E-state index contributed by atoms with van der Waals surface area (Å²) < 4.78 is 32.9. The molecule has 0 bridgehead atoms. The summed E-state index contributed by atoms with van der Waals surface area (Å²) in [5.41, 5.74) is 5.37. The van der Waals surface area contributed by atoms with E-state index in [1.54, 1.807) is 0 Å². The van der Waals surface area contributed by atoms with Crippen LogP contribution in [0.4, 0.5) is 0 Å². The van der Waals surface area contributed by atoms with E-state index < -0.39 is 26.5 Å². The Balaban J connectivity index is 3.99. The average molecular weight is 860 g/mol. The molecule has 0 aliphatic carbocycles. The topological polar surface area (TPSA) is 134 Å². The molecule has 352 valence electrons. The van der Waals surface area contributed by atoms with E-state index in [0.29, 0.717) is 6.42 Å². The van der Waals surface area contributed by atoms with Crippen molar-refractivity contribution < 1.29 is 37.6 Å². The molecule has 0 aromatic rings. The van der Waals surface area contributed by atoms with Crippen molar-refractivity contribution in [3.63, 3.8) is 0 Å². The van der Waals surface area contributed by atoms with Gasteiger partial charge in [-0.15, -0.1) is 0 Å². The Labute approximate surface area is 365 Å². The minimum Gasteiger partial charge on any atom is -0.462 e. The minimum absolute atomic E-state index is 0.0584. The van der Waals surface area contributed by atoms with Crippen LogP contribution in [0.1, 0.15) is 271 Å². The molecule has 59 heavy (non-hydrogen) atoms. The quantitative estimate of drug-likeness (QED) is 0.0348. The zero-order chi connectivity index (χ0) is 43.2. The van der Waals surface area contributed by atoms with Gasteiger partial charge < -0.3 is 20.1 Å². The van der Waals surface area contributed by atoms with Crippen molar-refractivity contribution in [2.45, 2.75) is 277 Å². The molecule has 2 unspecified atom stereocenters. The number of carbonyl (C=O) groups excluding carboxylic acids is 2. The largest absolute Gasteiger partial charge is 0.472 e. The summed E-state index contributed by atoms with van der Waals surface area (Å²) in [5.74, 6) is -0.806. The maximum absolute atomic E-state index is 12.6. The number of hydrogen-bond acceptors (Lipinski definition) is 8. The molecule has 0 aliphatic heterocycles. The zero-order valence-electron chi connectivity index (χ0n) is 39.0.